The van der Waals surface area contributed by atoms with Crippen LogP contribution in [-0.2, 0) is 16.2 Å². The second-order valence-corrected chi connectivity index (χ2v) is 9.53. The summed E-state index contributed by atoms with van der Waals surface area (Å²) in [7, 11) is -4.41. The van der Waals surface area contributed by atoms with Gasteiger partial charge in [-0.25, -0.2) is 14.7 Å². The Balaban J connectivity index is 2.05. The lowest BCUT2D eigenvalue weighted by Crippen LogP contribution is -2.44. The number of aromatic nitrogens is 2. The molecule has 3 heterocycles. The molecule has 31 heavy (non-hydrogen) atoms. The number of carbonyl (C=O) groups is 1. The number of halogens is 3. The zero-order chi connectivity index (χ0) is 23.2. The maximum absolute atomic E-state index is 13.3. The Kier molecular flexibility index (Phi) is 5.63. The monoisotopic (exact) mass is 457 g/mol. The molecule has 0 saturated carbocycles. The molecular weight excluding hydrogens is 435 g/mol. The number of hydrogen-bond donors (Lipinski definition) is 2. The number of anilines is 2. The van der Waals surface area contributed by atoms with E-state index in [1.165, 1.54) is 12.1 Å². The number of nitrogens with zero attached hydrogens (tertiary/aromatic N) is 3. The summed E-state index contributed by atoms with van der Waals surface area (Å²) in [6.07, 6.45) is -4.05. The highest BCUT2D eigenvalue weighted by molar-refractivity contribution is 7.90. The van der Waals surface area contributed by atoms with Crippen molar-refractivity contribution in [3.8, 4) is 0 Å². The second kappa shape index (κ2) is 7.66. The summed E-state index contributed by atoms with van der Waals surface area (Å²) in [5, 5.41) is -0.489. The Bertz CT molecular complexity index is 1120. The average Bonchev–Trinajstić information content (AvgIpc) is 2.93. The molecule has 1 aliphatic heterocycles. The third-order valence-corrected chi connectivity index (χ3v) is 6.83. The summed E-state index contributed by atoms with van der Waals surface area (Å²) < 4.78 is 66.8. The molecule has 0 spiro atoms. The van der Waals surface area contributed by atoms with Gasteiger partial charge in [-0.1, -0.05) is 13.0 Å². The summed E-state index contributed by atoms with van der Waals surface area (Å²) in [4.78, 5) is 21.8. The zero-order valence-corrected chi connectivity index (χ0v) is 17.9. The van der Waals surface area contributed by atoms with Gasteiger partial charge in [0.2, 0.25) is 0 Å². The fraction of sp³-hybridized carbons (Fsp3) is 0.421. The maximum Gasteiger partial charge on any atom is 0.433 e. The Morgan fingerprint density at radius 3 is 2.45 bits per heavy atom. The molecule has 1 atom stereocenters. The molecular formula is C19H22F3N5O3S. The van der Waals surface area contributed by atoms with Crippen LogP contribution in [0.1, 0.15) is 43.2 Å². The Morgan fingerprint density at radius 2 is 1.90 bits per heavy atom. The number of sulfonamides is 1. The molecule has 3 rings (SSSR count). The van der Waals surface area contributed by atoms with Gasteiger partial charge >= 0.3 is 6.18 Å². The minimum absolute atomic E-state index is 0.0694. The number of carbonyl (C=O) groups excluding carboxylic acids is 1. The van der Waals surface area contributed by atoms with Gasteiger partial charge in [0.05, 0.1) is 5.56 Å². The Hall–Kier alpha value is -2.89. The largest absolute Gasteiger partial charge is 0.433 e. The van der Waals surface area contributed by atoms with Crippen LogP contribution in [0.25, 0.3) is 0 Å². The van der Waals surface area contributed by atoms with Crippen molar-refractivity contribution in [3.05, 3.63) is 41.6 Å². The van der Waals surface area contributed by atoms with Crippen LogP contribution in [0.15, 0.2) is 35.4 Å². The second-order valence-electron chi connectivity index (χ2n) is 7.90. The van der Waals surface area contributed by atoms with Crippen LogP contribution >= 0.6 is 0 Å². The van der Waals surface area contributed by atoms with E-state index in [2.05, 4.69) is 9.97 Å². The molecule has 1 saturated heterocycles. The van der Waals surface area contributed by atoms with Crippen molar-refractivity contribution in [3.63, 3.8) is 0 Å². The topological polar surface area (TPSA) is 118 Å². The third kappa shape index (κ3) is 4.43. The number of hydrogen-bond acceptors (Lipinski definition) is 7. The summed E-state index contributed by atoms with van der Waals surface area (Å²) in [5.74, 6) is -1.30. The fourth-order valence-corrected chi connectivity index (χ4v) is 4.35. The van der Waals surface area contributed by atoms with E-state index in [0.29, 0.717) is 19.0 Å². The van der Waals surface area contributed by atoms with E-state index in [1.54, 1.807) is 4.90 Å². The normalized spacial score (nSPS) is 18.8. The van der Waals surface area contributed by atoms with Gasteiger partial charge in [0.15, 0.2) is 5.03 Å². The summed E-state index contributed by atoms with van der Waals surface area (Å²) in [6, 6.07) is 5.44. The molecule has 0 aromatic carbocycles. The van der Waals surface area contributed by atoms with Gasteiger partial charge in [0, 0.05) is 12.1 Å². The van der Waals surface area contributed by atoms with Gasteiger partial charge in [-0.2, -0.15) is 21.6 Å². The van der Waals surface area contributed by atoms with Gasteiger partial charge in [0.1, 0.15) is 17.3 Å². The van der Waals surface area contributed by atoms with Crippen LogP contribution in [-0.4, -0.2) is 36.4 Å². The van der Waals surface area contributed by atoms with Crippen molar-refractivity contribution < 1.29 is 26.4 Å². The summed E-state index contributed by atoms with van der Waals surface area (Å²) >= 11 is 0. The van der Waals surface area contributed by atoms with E-state index in [0.717, 1.165) is 12.1 Å². The molecule has 8 nitrogen and oxygen atoms in total. The molecule has 3 N–H and O–H groups in total. The molecule has 1 unspecified atom stereocenters. The number of pyridine rings is 2. The Labute approximate surface area is 177 Å². The highest BCUT2D eigenvalue weighted by Crippen LogP contribution is 2.40. The van der Waals surface area contributed by atoms with E-state index in [9.17, 15) is 26.4 Å². The van der Waals surface area contributed by atoms with Gasteiger partial charge in [-0.05, 0) is 50.5 Å². The van der Waals surface area contributed by atoms with Gasteiger partial charge < -0.3 is 10.6 Å². The molecule has 1 amide bonds. The van der Waals surface area contributed by atoms with Crippen LogP contribution in [0, 0.1) is 5.92 Å². The number of nitrogens with two attached hydrogens (primary N) is 1. The lowest BCUT2D eigenvalue weighted by atomic mass is 9.90. The number of alkyl halides is 3. The van der Waals surface area contributed by atoms with Crippen molar-refractivity contribution in [2.45, 2.75) is 43.9 Å². The van der Waals surface area contributed by atoms with Gasteiger partial charge in [-0.3, -0.25) is 4.79 Å². The van der Waals surface area contributed by atoms with Crippen molar-refractivity contribution in [2.75, 3.05) is 17.2 Å². The lowest BCUT2D eigenvalue weighted by Gasteiger charge is -2.36. The van der Waals surface area contributed by atoms with Crippen LogP contribution in [0.2, 0.25) is 0 Å². The zero-order valence-electron chi connectivity index (χ0n) is 17.1. The SMILES string of the molecule is CC1CCN(c2nc(C(F)(F)F)ccc2C(=O)NS(=O)(=O)c2cccc(N)n2)C1(C)C. The molecule has 12 heteroatoms. The molecule has 1 fully saturated rings. The molecule has 1 aliphatic rings. The van der Waals surface area contributed by atoms with Gasteiger partial charge in [0.25, 0.3) is 15.9 Å². The summed E-state index contributed by atoms with van der Waals surface area (Å²) in [5.41, 5.74) is 3.44. The highest BCUT2D eigenvalue weighted by atomic mass is 32.2. The van der Waals surface area contributed by atoms with Crippen LogP contribution in [0.3, 0.4) is 0 Å². The number of nitrogen functional groups attached to an aromatic ring is 1. The predicted molar refractivity (Wildman–Crippen MR) is 108 cm³/mol. The fourth-order valence-electron chi connectivity index (χ4n) is 3.41. The molecule has 2 aromatic heterocycles. The first-order valence-corrected chi connectivity index (χ1v) is 10.9. The highest BCUT2D eigenvalue weighted by Gasteiger charge is 2.42. The lowest BCUT2D eigenvalue weighted by molar-refractivity contribution is -0.141. The predicted octanol–water partition coefficient (Wildman–Crippen LogP) is 2.82. The van der Waals surface area contributed by atoms with Crippen molar-refractivity contribution in [1.82, 2.24) is 14.7 Å². The summed E-state index contributed by atoms with van der Waals surface area (Å²) in [6.45, 7) is 5.99. The third-order valence-electron chi connectivity index (χ3n) is 5.60. The van der Waals surface area contributed by atoms with E-state index < -0.39 is 38.4 Å². The minimum Gasteiger partial charge on any atom is -0.384 e. The Morgan fingerprint density at radius 1 is 1.23 bits per heavy atom. The van der Waals surface area contributed by atoms with E-state index >= 15 is 0 Å². The standard InChI is InChI=1S/C19H22F3N5O3S/c1-11-9-10-27(18(11,2)3)16-12(7-8-13(24-16)19(20,21)22)17(28)26-31(29,30)15-6-4-5-14(23)25-15/h4-8,11H,9-10H2,1-3H3,(H2,23,25)(H,26,28). The first-order valence-electron chi connectivity index (χ1n) is 9.39. The molecule has 0 radical (unpaired) electrons. The average molecular weight is 457 g/mol. The first kappa shape index (κ1) is 22.8. The van der Waals surface area contributed by atoms with Crippen LogP contribution in [0.4, 0.5) is 24.8 Å². The van der Waals surface area contributed by atoms with E-state index in [4.69, 9.17) is 5.73 Å². The van der Waals surface area contributed by atoms with E-state index in [-0.39, 0.29) is 23.1 Å². The molecule has 0 aliphatic carbocycles. The maximum atomic E-state index is 13.3. The number of rotatable bonds is 4. The van der Waals surface area contributed by atoms with Gasteiger partial charge in [-0.15, -0.1) is 0 Å². The number of amides is 1. The minimum atomic E-state index is -4.73. The van der Waals surface area contributed by atoms with Crippen molar-refractivity contribution in [1.29, 1.82) is 0 Å². The molecule has 0 bridgehead atoms. The molecule has 168 valence electrons. The van der Waals surface area contributed by atoms with Crippen LogP contribution < -0.4 is 15.4 Å². The van der Waals surface area contributed by atoms with Crippen molar-refractivity contribution in [2.24, 2.45) is 5.92 Å². The molecule has 2 aromatic rings. The van der Waals surface area contributed by atoms with E-state index in [1.807, 2.05) is 25.5 Å². The van der Waals surface area contributed by atoms with Crippen molar-refractivity contribution >= 4 is 27.6 Å². The van der Waals surface area contributed by atoms with Crippen LogP contribution in [0.5, 0.6) is 0 Å². The smallest absolute Gasteiger partial charge is 0.384 e. The number of nitrogens with one attached hydrogen (secondary N) is 1. The first-order chi connectivity index (χ1) is 14.2. The quantitative estimate of drug-likeness (QED) is 0.725.